The van der Waals surface area contributed by atoms with Gasteiger partial charge in [-0.05, 0) is 29.2 Å². The highest BCUT2D eigenvalue weighted by atomic mass is 16.5. The van der Waals surface area contributed by atoms with Crippen LogP contribution in [-0.2, 0) is 11.2 Å². The van der Waals surface area contributed by atoms with Gasteiger partial charge >= 0.3 is 5.97 Å². The van der Waals surface area contributed by atoms with Gasteiger partial charge in [0.05, 0.1) is 12.7 Å². The van der Waals surface area contributed by atoms with Crippen LogP contribution in [0.1, 0.15) is 22.8 Å². The molecule has 0 aliphatic heterocycles. The van der Waals surface area contributed by atoms with Crippen LogP contribution in [0.4, 0.5) is 0 Å². The Morgan fingerprint density at radius 2 is 1.83 bits per heavy atom. The van der Waals surface area contributed by atoms with E-state index in [9.17, 15) is 4.79 Å². The summed E-state index contributed by atoms with van der Waals surface area (Å²) in [6.07, 6.45) is 0.946. The molecule has 0 fully saturated rings. The number of aryl methyl sites for hydroxylation is 1. The predicted molar refractivity (Wildman–Crippen MR) is 72.6 cm³/mol. The van der Waals surface area contributed by atoms with E-state index in [1.807, 2.05) is 42.5 Å². The summed E-state index contributed by atoms with van der Waals surface area (Å²) >= 11 is 0. The van der Waals surface area contributed by atoms with Crippen molar-refractivity contribution in [1.29, 1.82) is 0 Å². The average molecular weight is 240 g/mol. The monoisotopic (exact) mass is 240 g/mol. The molecule has 0 aliphatic rings. The predicted octanol–water partition coefficient (Wildman–Crippen LogP) is 3.70. The smallest absolute Gasteiger partial charge is 0.338 e. The summed E-state index contributed by atoms with van der Waals surface area (Å²) in [6.45, 7) is 2.10. The second-order valence-corrected chi connectivity index (χ2v) is 4.09. The second kappa shape index (κ2) is 5.50. The van der Waals surface area contributed by atoms with Crippen LogP contribution in [0.5, 0.6) is 0 Å². The zero-order valence-corrected chi connectivity index (χ0v) is 10.6. The normalized spacial score (nSPS) is 10.1. The lowest BCUT2D eigenvalue weighted by Gasteiger charge is -2.10. The zero-order chi connectivity index (χ0) is 13.0. The first-order valence-corrected chi connectivity index (χ1v) is 6.03. The van der Waals surface area contributed by atoms with E-state index >= 15 is 0 Å². The van der Waals surface area contributed by atoms with E-state index in [1.165, 1.54) is 12.7 Å². The molecule has 0 aliphatic carbocycles. The maximum absolute atomic E-state index is 11.8. The fraction of sp³-hybridized carbons (Fsp3) is 0.188. The highest BCUT2D eigenvalue weighted by Gasteiger charge is 2.13. The molecule has 2 aromatic carbocycles. The zero-order valence-electron chi connectivity index (χ0n) is 10.6. The Morgan fingerprint density at radius 1 is 1.11 bits per heavy atom. The van der Waals surface area contributed by atoms with Crippen LogP contribution in [0.3, 0.4) is 0 Å². The maximum Gasteiger partial charge on any atom is 0.338 e. The van der Waals surface area contributed by atoms with Crippen molar-refractivity contribution < 1.29 is 9.53 Å². The van der Waals surface area contributed by atoms with E-state index in [0.717, 1.165) is 17.5 Å². The van der Waals surface area contributed by atoms with Gasteiger partial charge in [-0.1, -0.05) is 49.4 Å². The Hall–Kier alpha value is -2.09. The van der Waals surface area contributed by atoms with Crippen LogP contribution in [0.15, 0.2) is 48.5 Å². The quantitative estimate of drug-likeness (QED) is 0.764. The van der Waals surface area contributed by atoms with Crippen molar-refractivity contribution in [2.75, 3.05) is 7.11 Å². The van der Waals surface area contributed by atoms with Crippen molar-refractivity contribution >= 4 is 5.97 Å². The molecule has 0 aromatic heterocycles. The molecule has 0 amide bonds. The molecule has 0 saturated heterocycles. The van der Waals surface area contributed by atoms with Gasteiger partial charge in [-0.3, -0.25) is 0 Å². The van der Waals surface area contributed by atoms with Crippen molar-refractivity contribution in [3.63, 3.8) is 0 Å². The van der Waals surface area contributed by atoms with Gasteiger partial charge in [0.25, 0.3) is 0 Å². The van der Waals surface area contributed by atoms with Crippen LogP contribution < -0.4 is 0 Å². The Morgan fingerprint density at radius 3 is 2.44 bits per heavy atom. The van der Waals surface area contributed by atoms with Gasteiger partial charge in [0.1, 0.15) is 0 Å². The number of ether oxygens (including phenoxy) is 1. The van der Waals surface area contributed by atoms with Crippen molar-refractivity contribution in [1.82, 2.24) is 0 Å². The van der Waals surface area contributed by atoms with E-state index < -0.39 is 0 Å². The fourth-order valence-electron chi connectivity index (χ4n) is 1.96. The third-order valence-corrected chi connectivity index (χ3v) is 2.98. The number of carbonyl (C=O) groups is 1. The lowest BCUT2D eigenvalue weighted by molar-refractivity contribution is 0.0601. The van der Waals surface area contributed by atoms with Gasteiger partial charge in [-0.2, -0.15) is 0 Å². The minimum Gasteiger partial charge on any atom is -0.465 e. The van der Waals surface area contributed by atoms with Gasteiger partial charge in [-0.15, -0.1) is 0 Å². The summed E-state index contributed by atoms with van der Waals surface area (Å²) in [6, 6.07) is 15.8. The lowest BCUT2D eigenvalue weighted by atomic mass is 9.96. The van der Waals surface area contributed by atoms with Crippen LogP contribution in [0.2, 0.25) is 0 Å². The molecule has 0 N–H and O–H groups in total. The summed E-state index contributed by atoms with van der Waals surface area (Å²) in [7, 11) is 1.41. The molecule has 0 atom stereocenters. The van der Waals surface area contributed by atoms with E-state index in [2.05, 4.69) is 13.0 Å². The molecule has 0 heterocycles. The highest BCUT2D eigenvalue weighted by Crippen LogP contribution is 2.25. The van der Waals surface area contributed by atoms with Crippen LogP contribution >= 0.6 is 0 Å². The Kier molecular flexibility index (Phi) is 3.78. The van der Waals surface area contributed by atoms with Gasteiger partial charge in [-0.25, -0.2) is 4.79 Å². The minimum atomic E-state index is -0.295. The summed E-state index contributed by atoms with van der Waals surface area (Å²) in [5, 5.41) is 0. The van der Waals surface area contributed by atoms with E-state index in [0.29, 0.717) is 5.56 Å². The summed E-state index contributed by atoms with van der Waals surface area (Å²) < 4.78 is 4.83. The molecule has 0 radical (unpaired) electrons. The van der Waals surface area contributed by atoms with E-state index in [-0.39, 0.29) is 5.97 Å². The van der Waals surface area contributed by atoms with Crippen LogP contribution in [0.25, 0.3) is 11.1 Å². The van der Waals surface area contributed by atoms with Crippen LogP contribution in [-0.4, -0.2) is 13.1 Å². The molecule has 2 rings (SSSR count). The standard InChI is InChI=1S/C16H16O2/c1-3-12-9-10-14(16(17)18-2)15(11-12)13-7-5-4-6-8-13/h4-11H,3H2,1-2H3. The first kappa shape index (κ1) is 12.4. The Balaban J connectivity index is 2.58. The second-order valence-electron chi connectivity index (χ2n) is 4.09. The minimum absolute atomic E-state index is 0.295. The molecular weight excluding hydrogens is 224 g/mol. The van der Waals surface area contributed by atoms with Crippen molar-refractivity contribution in [3.8, 4) is 11.1 Å². The van der Waals surface area contributed by atoms with Crippen molar-refractivity contribution in [3.05, 3.63) is 59.7 Å². The van der Waals surface area contributed by atoms with Crippen molar-refractivity contribution in [2.45, 2.75) is 13.3 Å². The molecule has 18 heavy (non-hydrogen) atoms. The molecule has 0 spiro atoms. The highest BCUT2D eigenvalue weighted by molar-refractivity contribution is 5.97. The lowest BCUT2D eigenvalue weighted by Crippen LogP contribution is -2.04. The number of hydrogen-bond acceptors (Lipinski definition) is 2. The average Bonchev–Trinajstić information content (AvgIpc) is 2.46. The molecule has 2 heteroatoms. The first-order chi connectivity index (χ1) is 8.76. The molecule has 0 bridgehead atoms. The molecule has 92 valence electrons. The maximum atomic E-state index is 11.8. The number of esters is 1. The summed E-state index contributed by atoms with van der Waals surface area (Å²) in [4.78, 5) is 11.8. The third-order valence-electron chi connectivity index (χ3n) is 2.98. The fourth-order valence-corrected chi connectivity index (χ4v) is 1.96. The number of benzene rings is 2. The number of hydrogen-bond donors (Lipinski definition) is 0. The SMILES string of the molecule is CCc1ccc(C(=O)OC)c(-c2ccccc2)c1. The van der Waals surface area contributed by atoms with Crippen LogP contribution in [0, 0.1) is 0 Å². The van der Waals surface area contributed by atoms with Crippen molar-refractivity contribution in [2.24, 2.45) is 0 Å². The van der Waals surface area contributed by atoms with E-state index in [1.54, 1.807) is 0 Å². The van der Waals surface area contributed by atoms with Gasteiger partial charge in [0.15, 0.2) is 0 Å². The molecule has 0 saturated carbocycles. The Bertz CT molecular complexity index is 544. The number of rotatable bonds is 3. The third kappa shape index (κ3) is 2.43. The van der Waals surface area contributed by atoms with Gasteiger partial charge in [0.2, 0.25) is 0 Å². The van der Waals surface area contributed by atoms with Gasteiger partial charge < -0.3 is 4.74 Å². The number of carbonyl (C=O) groups excluding carboxylic acids is 1. The molecule has 0 unspecified atom stereocenters. The molecule has 2 nitrogen and oxygen atoms in total. The molecule has 2 aromatic rings. The topological polar surface area (TPSA) is 26.3 Å². The van der Waals surface area contributed by atoms with E-state index in [4.69, 9.17) is 4.74 Å². The summed E-state index contributed by atoms with van der Waals surface area (Å²) in [5.41, 5.74) is 3.79. The van der Waals surface area contributed by atoms with Gasteiger partial charge in [0, 0.05) is 0 Å². The Labute approximate surface area is 107 Å². The first-order valence-electron chi connectivity index (χ1n) is 6.03. The number of methoxy groups -OCH3 is 1. The largest absolute Gasteiger partial charge is 0.465 e. The molecular formula is C16H16O2. The summed E-state index contributed by atoms with van der Waals surface area (Å²) in [5.74, 6) is -0.295.